The number of nitriles is 1. The van der Waals surface area contributed by atoms with Crippen LogP contribution in [0, 0.1) is 11.3 Å². The second-order valence-corrected chi connectivity index (χ2v) is 3.98. The molecule has 1 rings (SSSR count). The van der Waals surface area contributed by atoms with Crippen molar-refractivity contribution in [1.29, 1.82) is 5.26 Å². The number of thiophene rings is 1. The van der Waals surface area contributed by atoms with Crippen molar-refractivity contribution >= 4 is 22.0 Å². The zero-order valence-electron chi connectivity index (χ0n) is 7.80. The van der Waals surface area contributed by atoms with Crippen molar-refractivity contribution in [3.05, 3.63) is 10.9 Å². The summed E-state index contributed by atoms with van der Waals surface area (Å²) in [6.45, 7) is -1.06. The third kappa shape index (κ3) is 3.02. The van der Waals surface area contributed by atoms with Gasteiger partial charge in [0.15, 0.2) is 0 Å². The van der Waals surface area contributed by atoms with E-state index in [0.717, 1.165) is 16.2 Å². The molecule has 3 nitrogen and oxygen atoms in total. The molecule has 0 aliphatic heterocycles. The van der Waals surface area contributed by atoms with E-state index >= 15 is 0 Å². The molecule has 7 heteroatoms. The van der Waals surface area contributed by atoms with Crippen LogP contribution in [0.1, 0.15) is 4.88 Å². The Morgan fingerprint density at radius 1 is 1.60 bits per heavy atom. The Labute approximate surface area is 88.5 Å². The number of halogens is 3. The lowest BCUT2D eigenvalue weighted by atomic mass is 10.4. The molecule has 0 aliphatic rings. The van der Waals surface area contributed by atoms with Gasteiger partial charge in [-0.2, -0.15) is 18.4 Å². The van der Waals surface area contributed by atoms with E-state index in [0.29, 0.717) is 5.00 Å². The van der Waals surface area contributed by atoms with Gasteiger partial charge in [-0.25, -0.2) is 0 Å². The fraction of sp³-hybridized carbons (Fsp3) is 0.375. The first kappa shape index (κ1) is 11.7. The number of nitrogens with two attached hydrogens (primary N) is 1. The first-order valence-electron chi connectivity index (χ1n) is 3.91. The topological polar surface area (TPSA) is 53.0 Å². The van der Waals surface area contributed by atoms with Crippen LogP contribution in [0.3, 0.4) is 0 Å². The number of nitrogen functional groups attached to an aromatic ring is 1. The maximum atomic E-state index is 12.0. The number of rotatable bonds is 2. The van der Waals surface area contributed by atoms with Crippen molar-refractivity contribution in [2.75, 3.05) is 24.2 Å². The van der Waals surface area contributed by atoms with Crippen molar-refractivity contribution in [3.63, 3.8) is 0 Å². The van der Waals surface area contributed by atoms with Crippen molar-refractivity contribution < 1.29 is 13.2 Å². The van der Waals surface area contributed by atoms with E-state index < -0.39 is 12.7 Å². The molecule has 0 radical (unpaired) electrons. The lowest BCUT2D eigenvalue weighted by molar-refractivity contribution is -0.119. The molecule has 0 atom stereocenters. The summed E-state index contributed by atoms with van der Waals surface area (Å²) in [6, 6.07) is 3.19. The molecular formula is C8H8F3N3S. The minimum absolute atomic E-state index is 0.214. The van der Waals surface area contributed by atoms with Crippen LogP contribution in [0.4, 0.5) is 23.9 Å². The summed E-state index contributed by atoms with van der Waals surface area (Å²) in [7, 11) is 1.31. The van der Waals surface area contributed by atoms with E-state index in [4.69, 9.17) is 11.0 Å². The van der Waals surface area contributed by atoms with Crippen LogP contribution >= 0.6 is 11.3 Å². The summed E-state index contributed by atoms with van der Waals surface area (Å²) in [6.07, 6.45) is -4.26. The van der Waals surface area contributed by atoms with Crippen LogP contribution in [0.25, 0.3) is 0 Å². The van der Waals surface area contributed by atoms with E-state index in [1.807, 2.05) is 6.07 Å². The van der Waals surface area contributed by atoms with Crippen molar-refractivity contribution in [3.8, 4) is 6.07 Å². The smallest absolute Gasteiger partial charge is 0.397 e. The van der Waals surface area contributed by atoms with E-state index in [1.165, 1.54) is 13.1 Å². The minimum atomic E-state index is -4.26. The highest BCUT2D eigenvalue weighted by molar-refractivity contribution is 7.17. The van der Waals surface area contributed by atoms with Crippen LogP contribution in [-0.2, 0) is 0 Å². The van der Waals surface area contributed by atoms with Crippen LogP contribution in [0.2, 0.25) is 0 Å². The second-order valence-electron chi connectivity index (χ2n) is 2.95. The van der Waals surface area contributed by atoms with E-state index in [1.54, 1.807) is 0 Å². The summed E-state index contributed by atoms with van der Waals surface area (Å²) in [5, 5.41) is 8.92. The Balaban J connectivity index is 2.84. The summed E-state index contributed by atoms with van der Waals surface area (Å²) in [4.78, 5) is 1.25. The van der Waals surface area contributed by atoms with E-state index in [2.05, 4.69) is 0 Å². The summed E-state index contributed by atoms with van der Waals surface area (Å²) in [5.41, 5.74) is 5.65. The zero-order chi connectivity index (χ0) is 11.6. The van der Waals surface area contributed by atoms with Gasteiger partial charge in [0.25, 0.3) is 0 Å². The molecule has 0 saturated heterocycles. The Morgan fingerprint density at radius 3 is 2.60 bits per heavy atom. The van der Waals surface area contributed by atoms with Gasteiger partial charge in [-0.3, -0.25) is 0 Å². The maximum Gasteiger partial charge on any atom is 0.405 e. The quantitative estimate of drug-likeness (QED) is 0.854. The van der Waals surface area contributed by atoms with Crippen molar-refractivity contribution in [2.24, 2.45) is 0 Å². The van der Waals surface area contributed by atoms with Gasteiger partial charge < -0.3 is 10.6 Å². The van der Waals surface area contributed by atoms with Crippen LogP contribution in [-0.4, -0.2) is 19.8 Å². The largest absolute Gasteiger partial charge is 0.405 e. The standard InChI is InChI=1S/C8H8F3N3S/c1-14(4-8(9,10)11)7-2-5(13)6(3-12)15-7/h2H,4,13H2,1H3. The van der Waals surface area contributed by atoms with Gasteiger partial charge in [-0.05, 0) is 6.07 Å². The maximum absolute atomic E-state index is 12.0. The van der Waals surface area contributed by atoms with Gasteiger partial charge in [-0.15, -0.1) is 11.3 Å². The summed E-state index contributed by atoms with van der Waals surface area (Å²) >= 11 is 0.948. The summed E-state index contributed by atoms with van der Waals surface area (Å²) in [5.74, 6) is 0. The highest BCUT2D eigenvalue weighted by Gasteiger charge is 2.30. The second kappa shape index (κ2) is 3.98. The molecule has 0 aromatic carbocycles. The highest BCUT2D eigenvalue weighted by Crippen LogP contribution is 2.32. The summed E-state index contributed by atoms with van der Waals surface area (Å²) < 4.78 is 36.1. The van der Waals surface area contributed by atoms with Crippen LogP contribution in [0.15, 0.2) is 6.07 Å². The van der Waals surface area contributed by atoms with Crippen LogP contribution in [0.5, 0.6) is 0 Å². The molecule has 1 heterocycles. The van der Waals surface area contributed by atoms with E-state index in [9.17, 15) is 13.2 Å². The van der Waals surface area contributed by atoms with Gasteiger partial charge in [0, 0.05) is 7.05 Å². The normalized spacial score (nSPS) is 11.1. The predicted molar refractivity (Wildman–Crippen MR) is 52.8 cm³/mol. The Kier molecular flexibility index (Phi) is 3.09. The van der Waals surface area contributed by atoms with Gasteiger partial charge in [0.2, 0.25) is 0 Å². The average Bonchev–Trinajstić information content (AvgIpc) is 2.43. The lowest BCUT2D eigenvalue weighted by Crippen LogP contribution is -2.30. The molecule has 0 spiro atoms. The third-order valence-corrected chi connectivity index (χ3v) is 2.81. The van der Waals surface area contributed by atoms with Crippen molar-refractivity contribution in [2.45, 2.75) is 6.18 Å². The molecule has 0 unspecified atom stereocenters. The molecule has 82 valence electrons. The molecule has 2 N–H and O–H groups in total. The van der Waals surface area contributed by atoms with Gasteiger partial charge in [0.05, 0.1) is 10.7 Å². The Morgan fingerprint density at radius 2 is 2.20 bits per heavy atom. The SMILES string of the molecule is CN(CC(F)(F)F)c1cc(N)c(C#N)s1. The fourth-order valence-electron chi connectivity index (χ4n) is 1.01. The zero-order valence-corrected chi connectivity index (χ0v) is 8.61. The number of anilines is 2. The molecule has 0 fully saturated rings. The molecule has 0 amide bonds. The predicted octanol–water partition coefficient (Wildman–Crippen LogP) is 2.20. The van der Waals surface area contributed by atoms with Crippen LogP contribution < -0.4 is 10.6 Å². The third-order valence-electron chi connectivity index (χ3n) is 1.64. The Bertz CT molecular complexity index is 391. The number of nitrogens with zero attached hydrogens (tertiary/aromatic N) is 2. The first-order chi connectivity index (χ1) is 6.83. The molecule has 0 saturated carbocycles. The molecule has 0 aliphatic carbocycles. The molecule has 1 aromatic heterocycles. The average molecular weight is 235 g/mol. The van der Waals surface area contributed by atoms with Gasteiger partial charge in [-0.1, -0.05) is 0 Å². The monoisotopic (exact) mass is 235 g/mol. The number of hydrogen-bond acceptors (Lipinski definition) is 4. The van der Waals surface area contributed by atoms with E-state index in [-0.39, 0.29) is 10.6 Å². The molecule has 1 aromatic rings. The number of hydrogen-bond donors (Lipinski definition) is 1. The van der Waals surface area contributed by atoms with Gasteiger partial charge in [0.1, 0.15) is 17.5 Å². The highest BCUT2D eigenvalue weighted by atomic mass is 32.1. The molecule has 0 bridgehead atoms. The molecule has 15 heavy (non-hydrogen) atoms. The number of alkyl halides is 3. The molecular weight excluding hydrogens is 227 g/mol. The fourth-order valence-corrected chi connectivity index (χ4v) is 1.85. The minimum Gasteiger partial charge on any atom is -0.397 e. The first-order valence-corrected chi connectivity index (χ1v) is 4.72. The lowest BCUT2D eigenvalue weighted by Gasteiger charge is -2.18. The van der Waals surface area contributed by atoms with Gasteiger partial charge >= 0.3 is 6.18 Å². The Hall–Kier alpha value is -1.42. The van der Waals surface area contributed by atoms with Crippen molar-refractivity contribution in [1.82, 2.24) is 0 Å².